The van der Waals surface area contributed by atoms with Gasteiger partial charge in [-0.25, -0.2) is 0 Å². The Labute approximate surface area is 91.7 Å². The number of aliphatic hydroxyl groups is 2. The summed E-state index contributed by atoms with van der Waals surface area (Å²) in [6, 6.07) is 0. The molecule has 0 saturated carbocycles. The Morgan fingerprint density at radius 3 is 2.88 bits per heavy atom. The third kappa shape index (κ3) is 1.84. The van der Waals surface area contributed by atoms with E-state index in [4.69, 9.17) is 15.6 Å². The summed E-state index contributed by atoms with van der Waals surface area (Å²) in [5.74, 6) is -0.704. The molecular formula is C10H12N2O4. The van der Waals surface area contributed by atoms with E-state index >= 15 is 0 Å². The third-order valence-electron chi connectivity index (χ3n) is 2.49. The van der Waals surface area contributed by atoms with Crippen LogP contribution in [0, 0.1) is 5.92 Å². The van der Waals surface area contributed by atoms with Crippen LogP contribution in [0.25, 0.3) is 0 Å². The van der Waals surface area contributed by atoms with Crippen LogP contribution in [0.2, 0.25) is 0 Å². The number of aliphatic imine (C=N–C) groups is 1. The van der Waals surface area contributed by atoms with Gasteiger partial charge in [0.05, 0.1) is 5.92 Å². The molecule has 3 atom stereocenters. The van der Waals surface area contributed by atoms with E-state index in [2.05, 4.69) is 4.99 Å². The molecule has 1 amide bonds. The summed E-state index contributed by atoms with van der Waals surface area (Å²) in [5, 5.41) is 18.5. The van der Waals surface area contributed by atoms with Crippen LogP contribution in [0.1, 0.15) is 0 Å². The van der Waals surface area contributed by atoms with Crippen LogP contribution in [0.4, 0.5) is 0 Å². The summed E-state index contributed by atoms with van der Waals surface area (Å²) in [6.45, 7) is -0.302. The molecule has 0 aromatic heterocycles. The van der Waals surface area contributed by atoms with Crippen LogP contribution in [-0.4, -0.2) is 40.8 Å². The number of rotatable bonds is 2. The van der Waals surface area contributed by atoms with Crippen molar-refractivity contribution in [2.45, 2.75) is 12.2 Å². The van der Waals surface area contributed by atoms with E-state index in [0.29, 0.717) is 0 Å². The molecule has 4 N–H and O–H groups in total. The average Bonchev–Trinajstić information content (AvgIpc) is 2.60. The van der Waals surface area contributed by atoms with Gasteiger partial charge in [-0.05, 0) is 12.2 Å². The van der Waals surface area contributed by atoms with Crippen molar-refractivity contribution < 1.29 is 19.7 Å². The van der Waals surface area contributed by atoms with Crippen molar-refractivity contribution in [3.05, 3.63) is 24.0 Å². The van der Waals surface area contributed by atoms with Gasteiger partial charge in [0.2, 0.25) is 0 Å². The standard InChI is InChI=1S/C10H12N2O4/c11-8-2-1-6(10(15)12-8)9-7(14)3-5(4-13)16-9/h1-3,6-7,9,13-14H,4H2,(H2,11,12,15)/t6?,7-,9?/m0/s1. The highest BCUT2D eigenvalue weighted by Gasteiger charge is 2.38. The lowest BCUT2D eigenvalue weighted by atomic mass is 9.96. The highest BCUT2D eigenvalue weighted by Crippen LogP contribution is 2.26. The van der Waals surface area contributed by atoms with Gasteiger partial charge in [0.25, 0.3) is 5.91 Å². The second-order valence-electron chi connectivity index (χ2n) is 3.62. The van der Waals surface area contributed by atoms with E-state index in [1.54, 1.807) is 6.08 Å². The van der Waals surface area contributed by atoms with Gasteiger partial charge in [-0.1, -0.05) is 6.08 Å². The van der Waals surface area contributed by atoms with Gasteiger partial charge in [-0.15, -0.1) is 0 Å². The number of hydrogen-bond donors (Lipinski definition) is 3. The minimum atomic E-state index is -0.921. The fourth-order valence-electron chi connectivity index (χ4n) is 1.72. The molecule has 2 rings (SSSR count). The monoisotopic (exact) mass is 224 g/mol. The third-order valence-corrected chi connectivity index (χ3v) is 2.49. The molecule has 2 unspecified atom stereocenters. The Balaban J connectivity index is 2.12. The molecule has 6 heteroatoms. The maximum atomic E-state index is 11.5. The van der Waals surface area contributed by atoms with Crippen molar-refractivity contribution in [1.82, 2.24) is 0 Å². The number of carbonyl (C=O) groups excluding carboxylic acids is 1. The molecule has 86 valence electrons. The first-order valence-corrected chi connectivity index (χ1v) is 4.84. The highest BCUT2D eigenvalue weighted by atomic mass is 16.5. The quantitative estimate of drug-likeness (QED) is 0.540. The highest BCUT2D eigenvalue weighted by molar-refractivity contribution is 6.04. The number of nitrogens with two attached hydrogens (primary N) is 1. The van der Waals surface area contributed by atoms with Crippen molar-refractivity contribution in [3.63, 3.8) is 0 Å². The fourth-order valence-corrected chi connectivity index (χ4v) is 1.72. The first-order chi connectivity index (χ1) is 7.61. The molecule has 0 aromatic carbocycles. The molecule has 0 aromatic rings. The molecule has 0 aliphatic carbocycles. The van der Waals surface area contributed by atoms with Crippen molar-refractivity contribution in [1.29, 1.82) is 0 Å². The Hall–Kier alpha value is -1.66. The molecule has 16 heavy (non-hydrogen) atoms. The Bertz CT molecular complexity index is 400. The normalized spacial score (nSPS) is 33.4. The summed E-state index contributed by atoms with van der Waals surface area (Å²) in [7, 11) is 0. The smallest absolute Gasteiger partial charge is 0.258 e. The number of amidine groups is 1. The van der Waals surface area contributed by atoms with Gasteiger partial charge in [0.1, 0.15) is 30.4 Å². The lowest BCUT2D eigenvalue weighted by molar-refractivity contribution is -0.125. The second kappa shape index (κ2) is 4.07. The molecule has 0 spiro atoms. The minimum absolute atomic E-state index is 0.143. The molecule has 2 heterocycles. The van der Waals surface area contributed by atoms with Gasteiger partial charge >= 0.3 is 0 Å². The maximum Gasteiger partial charge on any atom is 0.258 e. The number of amides is 1. The lowest BCUT2D eigenvalue weighted by Gasteiger charge is -2.22. The number of dihydropyridines is 1. The van der Waals surface area contributed by atoms with Crippen LogP contribution < -0.4 is 5.73 Å². The van der Waals surface area contributed by atoms with Crippen LogP contribution in [-0.2, 0) is 9.53 Å². The van der Waals surface area contributed by atoms with Gasteiger partial charge in [-0.2, -0.15) is 4.99 Å². The molecule has 6 nitrogen and oxygen atoms in total. The molecule has 0 fully saturated rings. The van der Waals surface area contributed by atoms with Crippen LogP contribution >= 0.6 is 0 Å². The zero-order chi connectivity index (χ0) is 11.7. The Morgan fingerprint density at radius 1 is 1.56 bits per heavy atom. The predicted molar refractivity (Wildman–Crippen MR) is 55.3 cm³/mol. The number of nitrogens with zero attached hydrogens (tertiary/aromatic N) is 1. The van der Waals surface area contributed by atoms with Crippen molar-refractivity contribution >= 4 is 11.7 Å². The summed E-state index contributed by atoms with van der Waals surface area (Å²) in [5.41, 5.74) is 5.36. The maximum absolute atomic E-state index is 11.5. The largest absolute Gasteiger partial charge is 0.488 e. The van der Waals surface area contributed by atoms with Crippen LogP contribution in [0.3, 0.4) is 0 Å². The van der Waals surface area contributed by atoms with Crippen LogP contribution in [0.5, 0.6) is 0 Å². The van der Waals surface area contributed by atoms with Crippen molar-refractivity contribution in [2.75, 3.05) is 6.61 Å². The van der Waals surface area contributed by atoms with Gasteiger partial charge in [0.15, 0.2) is 0 Å². The summed E-state index contributed by atoms with van der Waals surface area (Å²) in [6.07, 6.45) is 2.78. The summed E-state index contributed by atoms with van der Waals surface area (Å²) in [4.78, 5) is 15.1. The van der Waals surface area contributed by atoms with Gasteiger partial charge < -0.3 is 20.7 Å². The summed E-state index contributed by atoms with van der Waals surface area (Å²) < 4.78 is 5.25. The first-order valence-electron chi connectivity index (χ1n) is 4.84. The molecule has 0 bridgehead atoms. The Morgan fingerprint density at radius 2 is 2.31 bits per heavy atom. The van der Waals surface area contributed by atoms with E-state index in [9.17, 15) is 9.90 Å². The van der Waals surface area contributed by atoms with Crippen molar-refractivity contribution in [3.8, 4) is 0 Å². The van der Waals surface area contributed by atoms with E-state index < -0.39 is 24.0 Å². The first kappa shape index (κ1) is 10.8. The summed E-state index contributed by atoms with van der Waals surface area (Å²) >= 11 is 0. The zero-order valence-corrected chi connectivity index (χ0v) is 8.41. The zero-order valence-electron chi connectivity index (χ0n) is 8.41. The van der Waals surface area contributed by atoms with Gasteiger partial charge in [0, 0.05) is 0 Å². The fraction of sp³-hybridized carbons (Fsp3) is 0.400. The molecule has 2 aliphatic rings. The number of ether oxygens (including phenoxy) is 1. The lowest BCUT2D eigenvalue weighted by Crippen LogP contribution is -2.36. The van der Waals surface area contributed by atoms with Crippen molar-refractivity contribution in [2.24, 2.45) is 16.6 Å². The van der Waals surface area contributed by atoms with E-state index in [-0.39, 0.29) is 18.2 Å². The number of carbonyl (C=O) groups is 1. The number of aliphatic hydroxyl groups excluding tert-OH is 2. The number of hydrogen-bond acceptors (Lipinski definition) is 5. The van der Waals surface area contributed by atoms with Gasteiger partial charge in [-0.3, -0.25) is 4.79 Å². The van der Waals surface area contributed by atoms with E-state index in [0.717, 1.165) is 0 Å². The van der Waals surface area contributed by atoms with E-state index in [1.807, 2.05) is 0 Å². The topological polar surface area (TPSA) is 105 Å². The Kier molecular flexibility index (Phi) is 2.76. The minimum Gasteiger partial charge on any atom is -0.488 e. The SMILES string of the molecule is NC1=NC(=O)C(C2OC(CO)=C[C@@H]2O)C=C1. The molecular weight excluding hydrogens is 212 g/mol. The van der Waals surface area contributed by atoms with E-state index in [1.165, 1.54) is 12.2 Å². The second-order valence-corrected chi connectivity index (χ2v) is 3.62. The predicted octanol–water partition coefficient (Wildman–Crippen LogP) is -1.31. The molecule has 0 saturated heterocycles. The van der Waals surface area contributed by atoms with Crippen LogP contribution in [0.15, 0.2) is 29.0 Å². The molecule has 2 aliphatic heterocycles. The average molecular weight is 224 g/mol. The molecule has 0 radical (unpaired) electrons.